The minimum atomic E-state index is -3.98. The van der Waals surface area contributed by atoms with E-state index in [2.05, 4.69) is 0 Å². The van der Waals surface area contributed by atoms with Crippen LogP contribution in [0.2, 0.25) is 0 Å². The molecule has 0 unspecified atom stereocenters. The van der Waals surface area contributed by atoms with Crippen molar-refractivity contribution in [1.29, 1.82) is 0 Å². The molecule has 1 rings (SSSR count). The Morgan fingerprint density at radius 1 is 1.41 bits per heavy atom. The third-order valence-electron chi connectivity index (χ3n) is 1.73. The molecule has 0 aliphatic rings. The lowest BCUT2D eigenvalue weighted by Crippen LogP contribution is -2.41. The Bertz CT molecular complexity index is 506. The molecular formula is C8H9NO6S2. The average Bonchev–Trinajstić information content (AvgIpc) is 2.68. The van der Waals surface area contributed by atoms with Gasteiger partial charge in [-0.1, -0.05) is 6.07 Å². The van der Waals surface area contributed by atoms with Crippen LogP contribution in [-0.2, 0) is 19.6 Å². The molecule has 1 aromatic rings. The highest BCUT2D eigenvalue weighted by atomic mass is 32.2. The molecular weight excluding hydrogens is 270 g/mol. The van der Waals surface area contributed by atoms with Gasteiger partial charge in [0.2, 0.25) is 0 Å². The maximum absolute atomic E-state index is 11.6. The number of aliphatic carboxylic acids is 2. The van der Waals surface area contributed by atoms with Crippen molar-refractivity contribution in [3.8, 4) is 0 Å². The van der Waals surface area contributed by atoms with Crippen molar-refractivity contribution in [2.24, 2.45) is 0 Å². The normalized spacial score (nSPS) is 13.2. The summed E-state index contributed by atoms with van der Waals surface area (Å²) < 4.78 is 25.0. The molecule has 0 aliphatic carbocycles. The average molecular weight is 279 g/mol. The minimum absolute atomic E-state index is 0.0610. The van der Waals surface area contributed by atoms with E-state index in [9.17, 15) is 18.0 Å². The maximum atomic E-state index is 11.6. The second kappa shape index (κ2) is 5.25. The van der Waals surface area contributed by atoms with Gasteiger partial charge in [0.05, 0.1) is 6.42 Å². The van der Waals surface area contributed by atoms with E-state index in [4.69, 9.17) is 10.2 Å². The Kier molecular flexibility index (Phi) is 4.21. The Labute approximate surface area is 101 Å². The van der Waals surface area contributed by atoms with E-state index in [-0.39, 0.29) is 4.21 Å². The fourth-order valence-corrected chi connectivity index (χ4v) is 3.21. The molecule has 0 fully saturated rings. The Morgan fingerprint density at radius 2 is 2.06 bits per heavy atom. The lowest BCUT2D eigenvalue weighted by atomic mass is 10.2. The molecule has 1 heterocycles. The molecule has 1 aromatic heterocycles. The summed E-state index contributed by atoms with van der Waals surface area (Å²) in [5, 5.41) is 18.7. The number of carboxylic acid groups (broad SMARTS) is 2. The highest BCUT2D eigenvalue weighted by molar-refractivity contribution is 7.91. The van der Waals surface area contributed by atoms with Crippen molar-refractivity contribution in [1.82, 2.24) is 4.72 Å². The smallest absolute Gasteiger partial charge is 0.322 e. The fraction of sp³-hybridized carbons (Fsp3) is 0.250. The van der Waals surface area contributed by atoms with E-state index in [0.717, 1.165) is 11.3 Å². The number of hydrogen-bond acceptors (Lipinski definition) is 5. The first-order valence-electron chi connectivity index (χ1n) is 4.33. The molecule has 0 spiro atoms. The van der Waals surface area contributed by atoms with Gasteiger partial charge in [0.25, 0.3) is 10.0 Å². The molecule has 0 amide bonds. The van der Waals surface area contributed by atoms with Gasteiger partial charge in [-0.15, -0.1) is 11.3 Å². The summed E-state index contributed by atoms with van der Waals surface area (Å²) in [7, 11) is -3.98. The molecule has 94 valence electrons. The summed E-state index contributed by atoms with van der Waals surface area (Å²) in [6, 6.07) is 1.11. The molecule has 7 nitrogen and oxygen atoms in total. The van der Waals surface area contributed by atoms with E-state index >= 15 is 0 Å². The zero-order chi connectivity index (χ0) is 13.1. The molecule has 1 atom stereocenters. The fourth-order valence-electron chi connectivity index (χ4n) is 1.02. The first-order valence-corrected chi connectivity index (χ1v) is 6.69. The summed E-state index contributed by atoms with van der Waals surface area (Å²) >= 11 is 0.912. The van der Waals surface area contributed by atoms with Crippen LogP contribution in [0, 0.1) is 0 Å². The lowest BCUT2D eigenvalue weighted by Gasteiger charge is -2.11. The molecule has 0 radical (unpaired) electrons. The van der Waals surface area contributed by atoms with Crippen molar-refractivity contribution in [3.05, 3.63) is 17.5 Å². The van der Waals surface area contributed by atoms with Crippen LogP contribution in [0.3, 0.4) is 0 Å². The number of carbonyl (C=O) groups is 2. The van der Waals surface area contributed by atoms with E-state index in [1.807, 2.05) is 4.72 Å². The second-order valence-corrected chi connectivity index (χ2v) is 5.93. The minimum Gasteiger partial charge on any atom is -0.481 e. The van der Waals surface area contributed by atoms with Crippen LogP contribution >= 0.6 is 11.3 Å². The predicted octanol–water partition coefficient (Wildman–Crippen LogP) is -0.0457. The third-order valence-corrected chi connectivity index (χ3v) is 4.60. The SMILES string of the molecule is O=C(O)C[C@@H](NS(=O)(=O)c1cccs1)C(=O)O. The number of rotatable bonds is 6. The van der Waals surface area contributed by atoms with Crippen LogP contribution in [0.5, 0.6) is 0 Å². The number of hydrogen-bond donors (Lipinski definition) is 3. The van der Waals surface area contributed by atoms with Gasteiger partial charge in [0.15, 0.2) is 0 Å². The van der Waals surface area contributed by atoms with Crippen LogP contribution in [0.15, 0.2) is 21.7 Å². The highest BCUT2D eigenvalue weighted by Crippen LogP contribution is 2.16. The molecule has 17 heavy (non-hydrogen) atoms. The van der Waals surface area contributed by atoms with Gasteiger partial charge in [-0.3, -0.25) is 9.59 Å². The maximum Gasteiger partial charge on any atom is 0.322 e. The van der Waals surface area contributed by atoms with Crippen LogP contribution in [0.1, 0.15) is 6.42 Å². The van der Waals surface area contributed by atoms with E-state index in [1.54, 1.807) is 0 Å². The summed E-state index contributed by atoms with van der Waals surface area (Å²) in [6.45, 7) is 0. The quantitative estimate of drug-likeness (QED) is 0.671. The zero-order valence-electron chi connectivity index (χ0n) is 8.36. The third kappa shape index (κ3) is 3.80. The number of thiophene rings is 1. The summed E-state index contributed by atoms with van der Waals surface area (Å²) in [5.74, 6) is -2.93. The Morgan fingerprint density at radius 3 is 2.47 bits per heavy atom. The molecule has 9 heteroatoms. The van der Waals surface area contributed by atoms with Gasteiger partial charge in [-0.25, -0.2) is 8.42 Å². The Balaban J connectivity index is 2.87. The van der Waals surface area contributed by atoms with Crippen molar-refractivity contribution < 1.29 is 28.2 Å². The predicted molar refractivity (Wildman–Crippen MR) is 58.3 cm³/mol. The number of nitrogens with one attached hydrogen (secondary N) is 1. The van der Waals surface area contributed by atoms with E-state index < -0.39 is 34.4 Å². The topological polar surface area (TPSA) is 121 Å². The molecule has 0 aromatic carbocycles. The second-order valence-electron chi connectivity index (χ2n) is 3.04. The van der Waals surface area contributed by atoms with Gasteiger partial charge in [-0.2, -0.15) is 4.72 Å². The monoisotopic (exact) mass is 279 g/mol. The van der Waals surface area contributed by atoms with Crippen molar-refractivity contribution >= 4 is 33.3 Å². The summed E-state index contributed by atoms with van der Waals surface area (Å²) in [5.41, 5.74) is 0. The molecule has 3 N–H and O–H groups in total. The van der Waals surface area contributed by atoms with Crippen molar-refractivity contribution in [2.45, 2.75) is 16.7 Å². The molecule has 0 bridgehead atoms. The molecule has 0 saturated heterocycles. The Hall–Kier alpha value is -1.45. The van der Waals surface area contributed by atoms with Crippen LogP contribution in [-0.4, -0.2) is 36.6 Å². The largest absolute Gasteiger partial charge is 0.481 e. The summed E-state index contributed by atoms with van der Waals surface area (Å²) in [4.78, 5) is 21.1. The van der Waals surface area contributed by atoms with Gasteiger partial charge < -0.3 is 10.2 Å². The zero-order valence-corrected chi connectivity index (χ0v) is 9.99. The first-order chi connectivity index (χ1) is 7.83. The van der Waals surface area contributed by atoms with Gasteiger partial charge >= 0.3 is 11.9 Å². The number of carboxylic acids is 2. The van der Waals surface area contributed by atoms with Crippen LogP contribution in [0.4, 0.5) is 0 Å². The molecule has 0 saturated carbocycles. The molecule has 0 aliphatic heterocycles. The lowest BCUT2D eigenvalue weighted by molar-refractivity contribution is -0.145. The van der Waals surface area contributed by atoms with Gasteiger partial charge in [0, 0.05) is 0 Å². The van der Waals surface area contributed by atoms with Crippen LogP contribution in [0.25, 0.3) is 0 Å². The van der Waals surface area contributed by atoms with E-state index in [1.165, 1.54) is 17.5 Å². The first kappa shape index (κ1) is 13.6. The van der Waals surface area contributed by atoms with Gasteiger partial charge in [0.1, 0.15) is 10.3 Å². The highest BCUT2D eigenvalue weighted by Gasteiger charge is 2.27. The van der Waals surface area contributed by atoms with E-state index in [0.29, 0.717) is 0 Å². The number of sulfonamides is 1. The summed E-state index contributed by atoms with van der Waals surface area (Å²) in [6.07, 6.45) is -0.820. The van der Waals surface area contributed by atoms with Crippen molar-refractivity contribution in [2.75, 3.05) is 0 Å². The standard InChI is InChI=1S/C8H9NO6S2/c10-6(11)4-5(8(12)13)9-17(14,15)7-2-1-3-16-7/h1-3,5,9H,4H2,(H,10,11)(H,12,13)/t5-/m1/s1. The van der Waals surface area contributed by atoms with Crippen molar-refractivity contribution in [3.63, 3.8) is 0 Å². The van der Waals surface area contributed by atoms with Gasteiger partial charge in [-0.05, 0) is 11.4 Å². The van der Waals surface area contributed by atoms with Crippen LogP contribution < -0.4 is 4.72 Å².